The lowest BCUT2D eigenvalue weighted by Gasteiger charge is -2.05. The zero-order valence-electron chi connectivity index (χ0n) is 7.55. The van der Waals surface area contributed by atoms with Gasteiger partial charge in [0.25, 0.3) is 0 Å². The number of rotatable bonds is 4. The third-order valence-corrected chi connectivity index (χ3v) is 2.59. The summed E-state index contributed by atoms with van der Waals surface area (Å²) in [6, 6.07) is 4.06. The summed E-state index contributed by atoms with van der Waals surface area (Å²) in [5.41, 5.74) is 1.19. The Kier molecular flexibility index (Phi) is 2.64. The van der Waals surface area contributed by atoms with Crippen LogP contribution in [0.1, 0.15) is 18.5 Å². The SMILES string of the molecule is S=C(Cc1ccc[nH]1)NCC1CC1. The largest absolute Gasteiger partial charge is 0.379 e. The van der Waals surface area contributed by atoms with Crippen molar-refractivity contribution >= 4 is 17.2 Å². The summed E-state index contributed by atoms with van der Waals surface area (Å²) in [4.78, 5) is 4.10. The molecular weight excluding hydrogens is 180 g/mol. The maximum atomic E-state index is 5.22. The smallest absolute Gasteiger partial charge is 0.0812 e. The second-order valence-electron chi connectivity index (χ2n) is 3.62. The van der Waals surface area contributed by atoms with Crippen LogP contribution in [0.3, 0.4) is 0 Å². The Labute approximate surface area is 83.7 Å². The van der Waals surface area contributed by atoms with E-state index in [2.05, 4.69) is 16.4 Å². The van der Waals surface area contributed by atoms with E-state index in [-0.39, 0.29) is 0 Å². The summed E-state index contributed by atoms with van der Waals surface area (Å²) in [5, 5.41) is 3.29. The summed E-state index contributed by atoms with van der Waals surface area (Å²) in [6.45, 7) is 1.07. The van der Waals surface area contributed by atoms with E-state index >= 15 is 0 Å². The molecule has 1 saturated carbocycles. The lowest BCUT2D eigenvalue weighted by Crippen LogP contribution is -2.25. The first-order valence-corrected chi connectivity index (χ1v) is 5.14. The van der Waals surface area contributed by atoms with Crippen LogP contribution < -0.4 is 5.32 Å². The number of aromatic nitrogens is 1. The number of thiocarbonyl (C=S) groups is 1. The fraction of sp³-hybridized carbons (Fsp3) is 0.500. The highest BCUT2D eigenvalue weighted by molar-refractivity contribution is 7.80. The van der Waals surface area contributed by atoms with Crippen molar-refractivity contribution in [2.24, 2.45) is 5.92 Å². The van der Waals surface area contributed by atoms with Gasteiger partial charge >= 0.3 is 0 Å². The van der Waals surface area contributed by atoms with Gasteiger partial charge in [-0.15, -0.1) is 0 Å². The van der Waals surface area contributed by atoms with Gasteiger partial charge in [0, 0.05) is 24.9 Å². The van der Waals surface area contributed by atoms with Crippen LogP contribution in [0, 0.1) is 5.92 Å². The van der Waals surface area contributed by atoms with Crippen LogP contribution in [0.2, 0.25) is 0 Å². The van der Waals surface area contributed by atoms with Crippen LogP contribution in [-0.2, 0) is 6.42 Å². The van der Waals surface area contributed by atoms with Crippen molar-refractivity contribution in [1.29, 1.82) is 0 Å². The van der Waals surface area contributed by atoms with Crippen molar-refractivity contribution in [3.05, 3.63) is 24.0 Å². The molecule has 0 atom stereocenters. The van der Waals surface area contributed by atoms with Gasteiger partial charge in [0.15, 0.2) is 0 Å². The zero-order valence-corrected chi connectivity index (χ0v) is 8.36. The first kappa shape index (κ1) is 8.75. The molecule has 70 valence electrons. The lowest BCUT2D eigenvalue weighted by atomic mass is 10.3. The Morgan fingerprint density at radius 3 is 3.08 bits per heavy atom. The molecular formula is C10H14N2S. The predicted molar refractivity (Wildman–Crippen MR) is 57.8 cm³/mol. The van der Waals surface area contributed by atoms with Crippen molar-refractivity contribution in [1.82, 2.24) is 10.3 Å². The molecule has 0 saturated heterocycles. The third kappa shape index (κ3) is 2.84. The maximum Gasteiger partial charge on any atom is 0.0812 e. The van der Waals surface area contributed by atoms with E-state index in [9.17, 15) is 0 Å². The molecule has 1 fully saturated rings. The average molecular weight is 194 g/mol. The molecule has 3 heteroatoms. The first-order chi connectivity index (χ1) is 6.34. The monoisotopic (exact) mass is 194 g/mol. The molecule has 1 aliphatic carbocycles. The van der Waals surface area contributed by atoms with Gasteiger partial charge in [-0.3, -0.25) is 0 Å². The summed E-state index contributed by atoms with van der Waals surface area (Å²) in [5.74, 6) is 0.890. The van der Waals surface area contributed by atoms with Gasteiger partial charge in [0.1, 0.15) is 0 Å². The number of aromatic amines is 1. The van der Waals surface area contributed by atoms with Crippen molar-refractivity contribution in [2.45, 2.75) is 19.3 Å². The molecule has 1 aliphatic rings. The van der Waals surface area contributed by atoms with Gasteiger partial charge in [-0.2, -0.15) is 0 Å². The minimum atomic E-state index is 0.842. The highest BCUT2D eigenvalue weighted by atomic mass is 32.1. The normalized spacial score (nSPS) is 15.7. The fourth-order valence-electron chi connectivity index (χ4n) is 1.29. The molecule has 0 aromatic carbocycles. The van der Waals surface area contributed by atoms with E-state index in [0.717, 1.165) is 23.9 Å². The van der Waals surface area contributed by atoms with Crippen LogP contribution in [-0.4, -0.2) is 16.5 Å². The molecule has 1 aromatic rings. The zero-order chi connectivity index (χ0) is 9.10. The van der Waals surface area contributed by atoms with Crippen molar-refractivity contribution < 1.29 is 0 Å². The highest BCUT2D eigenvalue weighted by Gasteiger charge is 2.20. The van der Waals surface area contributed by atoms with Crippen LogP contribution >= 0.6 is 12.2 Å². The Hall–Kier alpha value is -0.830. The second kappa shape index (κ2) is 3.92. The highest BCUT2D eigenvalue weighted by Crippen LogP contribution is 2.27. The topological polar surface area (TPSA) is 27.8 Å². The molecule has 2 rings (SSSR count). The summed E-state index contributed by atoms with van der Waals surface area (Å²) in [6.07, 6.45) is 5.52. The van der Waals surface area contributed by atoms with E-state index in [0.29, 0.717) is 0 Å². The van der Waals surface area contributed by atoms with E-state index in [1.807, 2.05) is 12.3 Å². The van der Waals surface area contributed by atoms with Gasteiger partial charge in [-0.25, -0.2) is 0 Å². The third-order valence-electron chi connectivity index (χ3n) is 2.30. The van der Waals surface area contributed by atoms with Crippen molar-refractivity contribution in [2.75, 3.05) is 6.54 Å². The van der Waals surface area contributed by atoms with Gasteiger partial charge in [0.2, 0.25) is 0 Å². The number of H-pyrrole nitrogens is 1. The lowest BCUT2D eigenvalue weighted by molar-refractivity contribution is 0.771. The molecule has 0 radical (unpaired) electrons. The van der Waals surface area contributed by atoms with E-state index < -0.39 is 0 Å². The predicted octanol–water partition coefficient (Wildman–Crippen LogP) is 1.88. The Morgan fingerprint density at radius 1 is 1.62 bits per heavy atom. The molecule has 2 N–H and O–H groups in total. The first-order valence-electron chi connectivity index (χ1n) is 4.73. The van der Waals surface area contributed by atoms with Gasteiger partial charge < -0.3 is 10.3 Å². The summed E-state index contributed by atoms with van der Waals surface area (Å²) < 4.78 is 0. The van der Waals surface area contributed by atoms with Gasteiger partial charge in [-0.1, -0.05) is 12.2 Å². The molecule has 1 heterocycles. The number of hydrogen-bond acceptors (Lipinski definition) is 1. The molecule has 1 aromatic heterocycles. The van der Waals surface area contributed by atoms with Crippen LogP contribution in [0.15, 0.2) is 18.3 Å². The molecule has 0 unspecified atom stereocenters. The van der Waals surface area contributed by atoms with Crippen LogP contribution in [0.4, 0.5) is 0 Å². The minimum absolute atomic E-state index is 0.842. The average Bonchev–Trinajstić information content (AvgIpc) is 2.82. The van der Waals surface area contributed by atoms with Crippen molar-refractivity contribution in [3.63, 3.8) is 0 Å². The maximum absolute atomic E-state index is 5.22. The second-order valence-corrected chi connectivity index (χ2v) is 4.11. The molecule has 2 nitrogen and oxygen atoms in total. The van der Waals surface area contributed by atoms with Gasteiger partial charge in [0.05, 0.1) is 4.99 Å². The van der Waals surface area contributed by atoms with Crippen molar-refractivity contribution in [3.8, 4) is 0 Å². The summed E-state index contributed by atoms with van der Waals surface area (Å²) >= 11 is 5.22. The van der Waals surface area contributed by atoms with E-state index in [4.69, 9.17) is 12.2 Å². The number of nitrogens with one attached hydrogen (secondary N) is 2. The summed E-state index contributed by atoms with van der Waals surface area (Å²) in [7, 11) is 0. The van der Waals surface area contributed by atoms with Crippen LogP contribution in [0.25, 0.3) is 0 Å². The molecule has 13 heavy (non-hydrogen) atoms. The fourth-order valence-corrected chi connectivity index (χ4v) is 1.53. The van der Waals surface area contributed by atoms with Crippen LogP contribution in [0.5, 0.6) is 0 Å². The Bertz CT molecular complexity index is 275. The molecule has 0 aliphatic heterocycles. The Morgan fingerprint density at radius 2 is 2.46 bits per heavy atom. The minimum Gasteiger partial charge on any atom is -0.379 e. The molecule has 0 bridgehead atoms. The van der Waals surface area contributed by atoms with Gasteiger partial charge in [-0.05, 0) is 30.9 Å². The quantitative estimate of drug-likeness (QED) is 0.716. The standard InChI is InChI=1S/C10H14N2S/c13-10(12-7-8-3-4-8)6-9-2-1-5-11-9/h1-2,5,8,11H,3-4,6-7H2,(H,12,13). The molecule has 0 amide bonds. The molecule has 0 spiro atoms. The van der Waals surface area contributed by atoms with E-state index in [1.165, 1.54) is 18.5 Å². The number of hydrogen-bond donors (Lipinski definition) is 2. The van der Waals surface area contributed by atoms with E-state index in [1.54, 1.807) is 0 Å². The Balaban J connectivity index is 1.71.